The average Bonchev–Trinajstić information content (AvgIpc) is 3.79. The second-order valence-corrected chi connectivity index (χ2v) is 12.0. The normalized spacial score (nSPS) is 15.0. The number of carbonyl (C=O) groups is 1. The van der Waals surface area contributed by atoms with Crippen molar-refractivity contribution in [3.05, 3.63) is 83.4 Å². The molecule has 0 spiro atoms. The second kappa shape index (κ2) is 10.7. The van der Waals surface area contributed by atoms with E-state index in [4.69, 9.17) is 15.1 Å². The summed E-state index contributed by atoms with van der Waals surface area (Å²) in [6.07, 6.45) is 11.8. The summed E-state index contributed by atoms with van der Waals surface area (Å²) in [6.45, 7) is 0. The van der Waals surface area contributed by atoms with Crippen molar-refractivity contribution in [3.8, 4) is 17.1 Å². The van der Waals surface area contributed by atoms with Gasteiger partial charge in [0.15, 0.2) is 5.13 Å². The van der Waals surface area contributed by atoms with Crippen molar-refractivity contribution in [2.24, 2.45) is 7.05 Å². The van der Waals surface area contributed by atoms with Crippen LogP contribution in [0.3, 0.4) is 0 Å². The van der Waals surface area contributed by atoms with Gasteiger partial charge in [-0.15, -0.1) is 11.3 Å². The topological polar surface area (TPSA) is 124 Å². The summed E-state index contributed by atoms with van der Waals surface area (Å²) in [4.78, 5) is 23.3. The Labute approximate surface area is 246 Å². The molecule has 0 saturated heterocycles. The number of thiazole rings is 1. The van der Waals surface area contributed by atoms with Crippen LogP contribution in [0.4, 0.5) is 5.13 Å². The van der Waals surface area contributed by atoms with E-state index < -0.39 is 6.04 Å². The SMILES string of the molecule is Cn1cc(C[C@H](NC(=O)c2ccc3c(c2)nc(-c2ccoc2)n3C2CCCCC2)c2csc(N)n2)c2cc(O)ccc21. The predicted molar refractivity (Wildman–Crippen MR) is 165 cm³/mol. The summed E-state index contributed by atoms with van der Waals surface area (Å²) >= 11 is 1.35. The largest absolute Gasteiger partial charge is 0.508 e. The van der Waals surface area contributed by atoms with E-state index in [2.05, 4.69) is 14.9 Å². The molecule has 4 N–H and O–H groups in total. The Morgan fingerprint density at radius 1 is 1.14 bits per heavy atom. The molecule has 42 heavy (non-hydrogen) atoms. The molecule has 1 aliphatic carbocycles. The van der Waals surface area contributed by atoms with Gasteiger partial charge in [-0.25, -0.2) is 9.97 Å². The number of imidazole rings is 1. The number of furan rings is 1. The van der Waals surface area contributed by atoms with Gasteiger partial charge in [0.05, 0.1) is 34.6 Å². The Bertz CT molecular complexity index is 1890. The van der Waals surface area contributed by atoms with Crippen LogP contribution in [0.25, 0.3) is 33.3 Å². The maximum absolute atomic E-state index is 13.8. The van der Waals surface area contributed by atoms with E-state index in [1.165, 1.54) is 30.6 Å². The van der Waals surface area contributed by atoms with Gasteiger partial charge in [0.1, 0.15) is 17.8 Å². The molecule has 1 aliphatic rings. The smallest absolute Gasteiger partial charge is 0.251 e. The Kier molecular flexibility index (Phi) is 6.70. The second-order valence-electron chi connectivity index (χ2n) is 11.1. The number of benzene rings is 2. The third-order valence-corrected chi connectivity index (χ3v) is 9.04. The van der Waals surface area contributed by atoms with Crippen LogP contribution in [0.15, 0.2) is 71.0 Å². The summed E-state index contributed by atoms with van der Waals surface area (Å²) in [5.41, 5.74) is 11.9. The summed E-state index contributed by atoms with van der Waals surface area (Å²) in [5, 5.41) is 16.6. The first-order valence-corrected chi connectivity index (χ1v) is 15.2. The molecule has 0 radical (unpaired) electrons. The number of fused-ring (bicyclic) bond motifs is 2. The number of aryl methyl sites for hydroxylation is 1. The van der Waals surface area contributed by atoms with Gasteiger partial charge in [-0.05, 0) is 60.9 Å². The zero-order chi connectivity index (χ0) is 28.8. The molecule has 9 nitrogen and oxygen atoms in total. The summed E-state index contributed by atoms with van der Waals surface area (Å²) in [5.74, 6) is 0.857. The zero-order valence-electron chi connectivity index (χ0n) is 23.3. The standard InChI is InChI=1S/C32H32N6O3S/c1-37-16-21(24-15-23(39)8-10-28(24)37)14-25(27-18-42-32(33)36-27)35-31(40)19-7-9-29-26(13-19)34-30(20-11-12-41-17-20)38(29)22-5-3-2-4-6-22/h7-13,15-18,22,25,39H,2-6,14H2,1H3,(H2,33,36)(H,35,40)/t25-/m0/s1. The number of rotatable bonds is 7. The zero-order valence-corrected chi connectivity index (χ0v) is 24.1. The van der Waals surface area contributed by atoms with Gasteiger partial charge >= 0.3 is 0 Å². The van der Waals surface area contributed by atoms with Crippen LogP contribution in [0, 0.1) is 0 Å². The molecule has 1 atom stereocenters. The lowest BCUT2D eigenvalue weighted by atomic mass is 9.95. The fourth-order valence-electron chi connectivity index (χ4n) is 6.32. The van der Waals surface area contributed by atoms with Crippen molar-refractivity contribution < 1.29 is 14.3 Å². The van der Waals surface area contributed by atoms with E-state index in [1.807, 2.05) is 53.5 Å². The molecule has 1 saturated carbocycles. The lowest BCUT2D eigenvalue weighted by molar-refractivity contribution is 0.0936. The fraction of sp³-hybridized carbons (Fsp3) is 0.281. The van der Waals surface area contributed by atoms with Crippen molar-refractivity contribution in [2.45, 2.75) is 50.6 Å². The molecule has 6 aromatic rings. The lowest BCUT2D eigenvalue weighted by Gasteiger charge is -2.25. The van der Waals surface area contributed by atoms with Crippen LogP contribution in [-0.4, -0.2) is 30.1 Å². The molecule has 214 valence electrons. The number of nitrogen functional groups attached to an aromatic ring is 1. The number of anilines is 1. The maximum Gasteiger partial charge on any atom is 0.251 e. The van der Waals surface area contributed by atoms with Gasteiger partial charge in [0, 0.05) is 47.6 Å². The Balaban J connectivity index is 1.23. The van der Waals surface area contributed by atoms with Crippen LogP contribution < -0.4 is 11.1 Å². The van der Waals surface area contributed by atoms with Gasteiger partial charge in [0.2, 0.25) is 0 Å². The maximum atomic E-state index is 13.8. The van der Waals surface area contributed by atoms with Gasteiger partial charge in [-0.3, -0.25) is 4.79 Å². The molecule has 0 bridgehead atoms. The van der Waals surface area contributed by atoms with E-state index >= 15 is 0 Å². The van der Waals surface area contributed by atoms with Crippen molar-refractivity contribution >= 4 is 44.3 Å². The number of amides is 1. The summed E-state index contributed by atoms with van der Waals surface area (Å²) in [7, 11) is 1.97. The summed E-state index contributed by atoms with van der Waals surface area (Å²) in [6, 6.07) is 13.0. The quantitative estimate of drug-likeness (QED) is 0.192. The minimum Gasteiger partial charge on any atom is -0.508 e. The number of aromatic hydroxyl groups is 1. The minimum absolute atomic E-state index is 0.198. The number of phenolic OH excluding ortho intramolecular Hbond substituents is 1. The highest BCUT2D eigenvalue weighted by atomic mass is 32.1. The Hall–Kier alpha value is -4.57. The number of hydrogen-bond acceptors (Lipinski definition) is 7. The molecule has 2 aromatic carbocycles. The highest BCUT2D eigenvalue weighted by Gasteiger charge is 2.25. The molecule has 1 amide bonds. The van der Waals surface area contributed by atoms with E-state index in [-0.39, 0.29) is 11.7 Å². The number of nitrogens with one attached hydrogen (secondary N) is 1. The Morgan fingerprint density at radius 2 is 1.98 bits per heavy atom. The molecule has 10 heteroatoms. The number of aromatic nitrogens is 4. The molecular weight excluding hydrogens is 548 g/mol. The van der Waals surface area contributed by atoms with Gasteiger partial charge in [-0.1, -0.05) is 19.3 Å². The molecule has 7 rings (SSSR count). The van der Waals surface area contributed by atoms with Crippen LogP contribution >= 0.6 is 11.3 Å². The minimum atomic E-state index is -0.420. The van der Waals surface area contributed by atoms with E-state index in [1.54, 1.807) is 24.7 Å². The highest BCUT2D eigenvalue weighted by molar-refractivity contribution is 7.13. The van der Waals surface area contributed by atoms with Crippen molar-refractivity contribution in [2.75, 3.05) is 5.73 Å². The van der Waals surface area contributed by atoms with E-state index in [0.717, 1.165) is 51.7 Å². The molecule has 4 aromatic heterocycles. The van der Waals surface area contributed by atoms with Crippen molar-refractivity contribution in [1.82, 2.24) is 24.4 Å². The first kappa shape index (κ1) is 26.3. The number of hydrogen-bond donors (Lipinski definition) is 3. The van der Waals surface area contributed by atoms with Gasteiger partial charge in [0.25, 0.3) is 5.91 Å². The third-order valence-electron chi connectivity index (χ3n) is 8.35. The molecular formula is C32H32N6O3S. The molecule has 0 aliphatic heterocycles. The molecule has 4 heterocycles. The van der Waals surface area contributed by atoms with Crippen LogP contribution in [0.1, 0.15) is 65.8 Å². The van der Waals surface area contributed by atoms with Crippen LogP contribution in [0.5, 0.6) is 5.75 Å². The average molecular weight is 581 g/mol. The van der Waals surface area contributed by atoms with Crippen LogP contribution in [0.2, 0.25) is 0 Å². The lowest BCUT2D eigenvalue weighted by Crippen LogP contribution is -2.30. The highest BCUT2D eigenvalue weighted by Crippen LogP contribution is 2.36. The molecule has 0 unspecified atom stereocenters. The number of nitrogens with zero attached hydrogens (tertiary/aromatic N) is 4. The summed E-state index contributed by atoms with van der Waals surface area (Å²) < 4.78 is 9.75. The fourth-order valence-corrected chi connectivity index (χ4v) is 6.94. The van der Waals surface area contributed by atoms with E-state index in [0.29, 0.717) is 28.9 Å². The monoisotopic (exact) mass is 580 g/mol. The van der Waals surface area contributed by atoms with Crippen molar-refractivity contribution in [1.29, 1.82) is 0 Å². The van der Waals surface area contributed by atoms with E-state index in [9.17, 15) is 9.90 Å². The third kappa shape index (κ3) is 4.81. The Morgan fingerprint density at radius 3 is 2.74 bits per heavy atom. The van der Waals surface area contributed by atoms with Crippen LogP contribution in [-0.2, 0) is 13.5 Å². The van der Waals surface area contributed by atoms with Crippen molar-refractivity contribution in [3.63, 3.8) is 0 Å². The number of nitrogens with two attached hydrogens (primary N) is 1. The molecule has 1 fully saturated rings. The number of phenols is 1. The first-order chi connectivity index (χ1) is 20.4. The van der Waals surface area contributed by atoms with Gasteiger partial charge in [-0.2, -0.15) is 0 Å². The predicted octanol–water partition coefficient (Wildman–Crippen LogP) is 6.75. The first-order valence-electron chi connectivity index (χ1n) is 14.3. The number of carbonyl (C=O) groups excluding carboxylic acids is 1. The van der Waals surface area contributed by atoms with Gasteiger partial charge < -0.3 is 29.7 Å².